The maximum atomic E-state index is 15.2. The maximum absolute atomic E-state index is 15.2. The number of allylic oxidation sites excluding steroid dienone is 1. The number of rotatable bonds is 9. The molecular weight excluding hydrogens is 564 g/mol. The van der Waals surface area contributed by atoms with Gasteiger partial charge in [-0.3, -0.25) is 14.5 Å². The normalized spacial score (nSPS) is 24.5. The predicted molar refractivity (Wildman–Crippen MR) is 155 cm³/mol. The molecule has 4 rings (SSSR count). The summed E-state index contributed by atoms with van der Waals surface area (Å²) in [4.78, 5) is 45.5. The number of hydrogen-bond acceptors (Lipinski definition) is 7. The number of aliphatic hydroxyl groups is 2. The number of urea groups is 1. The van der Waals surface area contributed by atoms with Gasteiger partial charge >= 0.3 is 12.0 Å². The number of halogens is 2. The first kappa shape index (κ1) is 31.1. The van der Waals surface area contributed by atoms with E-state index in [9.17, 15) is 24.6 Å². The van der Waals surface area contributed by atoms with E-state index < -0.39 is 63.1 Å². The van der Waals surface area contributed by atoms with Gasteiger partial charge in [-0.1, -0.05) is 86.4 Å². The molecule has 2 aliphatic rings. The summed E-state index contributed by atoms with van der Waals surface area (Å²) >= 11 is 0. The van der Waals surface area contributed by atoms with Gasteiger partial charge in [0.1, 0.15) is 20.5 Å². The van der Waals surface area contributed by atoms with Crippen molar-refractivity contribution in [3.8, 4) is 0 Å². The number of carbonyl (C=O) groups is 3. The molecule has 3 N–H and O–H groups in total. The summed E-state index contributed by atoms with van der Waals surface area (Å²) in [6, 6.07) is 16.5. The van der Waals surface area contributed by atoms with Crippen LogP contribution in [0.15, 0.2) is 84.6 Å². The molecule has 1 unspecified atom stereocenters. The highest BCUT2D eigenvalue weighted by Crippen LogP contribution is 2.40. The molecule has 2 heterocycles. The smallest absolute Gasteiger partial charge is 0.334 e. The predicted octanol–water partition coefficient (Wildman–Crippen LogP) is 3.59. The Balaban J connectivity index is 1.82. The molecule has 4 atom stereocenters. The molecule has 222 valence electrons. The van der Waals surface area contributed by atoms with Gasteiger partial charge in [0.2, 0.25) is 6.23 Å². The van der Waals surface area contributed by atoms with E-state index in [1.165, 1.54) is 18.2 Å². The average molecular weight is 598 g/mol. The van der Waals surface area contributed by atoms with E-state index in [2.05, 4.69) is 4.98 Å². The summed E-state index contributed by atoms with van der Waals surface area (Å²) in [7, 11) is -2.34. The molecule has 2 aromatic rings. The molecule has 1 fully saturated rings. The number of ketones is 1. The second kappa shape index (κ2) is 12.6. The first-order valence-electron chi connectivity index (χ1n) is 13.3. The average Bonchev–Trinajstić information content (AvgIpc) is 3.18. The van der Waals surface area contributed by atoms with Crippen LogP contribution in [0.4, 0.5) is 13.6 Å². The molecule has 42 heavy (non-hydrogen) atoms. The van der Waals surface area contributed by atoms with Crippen molar-refractivity contribution >= 4 is 38.1 Å². The fraction of sp³-hybridized carbons (Fsp3) is 0.300. The Labute approximate surface area is 243 Å². The number of nitrogens with zero attached hydrogens (tertiary/aromatic N) is 2. The Morgan fingerprint density at radius 1 is 1.00 bits per heavy atom. The molecule has 12 heteroatoms. The third-order valence-electron chi connectivity index (χ3n) is 6.61. The van der Waals surface area contributed by atoms with Crippen molar-refractivity contribution in [1.29, 1.82) is 0 Å². The Morgan fingerprint density at radius 3 is 2.05 bits per heavy atom. The van der Waals surface area contributed by atoms with Gasteiger partial charge in [0, 0.05) is 12.3 Å². The van der Waals surface area contributed by atoms with Crippen LogP contribution in [0, 0.1) is 0 Å². The molecule has 0 aliphatic carbocycles. The van der Waals surface area contributed by atoms with Crippen LogP contribution >= 0.6 is 0 Å². The lowest BCUT2D eigenvalue weighted by molar-refractivity contribution is -0.151. The van der Waals surface area contributed by atoms with E-state index in [0.29, 0.717) is 20.9 Å². The first-order chi connectivity index (χ1) is 19.8. The van der Waals surface area contributed by atoms with Crippen molar-refractivity contribution in [2.24, 2.45) is 0 Å². The Kier molecular flexibility index (Phi) is 9.33. The topological polar surface area (TPSA) is 119 Å². The van der Waals surface area contributed by atoms with Gasteiger partial charge in [-0.05, 0) is 23.3 Å². The lowest BCUT2D eigenvalue weighted by Gasteiger charge is -2.43. The summed E-state index contributed by atoms with van der Waals surface area (Å²) in [5, 5.41) is 19.6. The lowest BCUT2D eigenvalue weighted by Crippen LogP contribution is -2.66. The third kappa shape index (κ3) is 6.80. The molecule has 0 bridgehead atoms. The molecule has 3 amide bonds. The molecular formula is C30H33F2N3O6Si. The minimum absolute atomic E-state index is 0.160. The van der Waals surface area contributed by atoms with E-state index in [1.807, 2.05) is 25.7 Å². The molecule has 0 spiro atoms. The standard InChI is InChI=1S/C30H33F2N3O6Si/c1-42(2,3)33-27-22(23(37)16-14-20-10-6-4-7-11-20)18-34(28-30(31,32)26(39)24(19-36)41-28)29(40)35(27)25(38)17-15-21-12-8-5-9-13-21/h4-18,24,26-28,33,36,39H,19H2,1-3H3/b16-14+,17-15+/t24-,26-,27?,28-/m1/s1. The molecule has 9 nitrogen and oxygen atoms in total. The van der Waals surface area contributed by atoms with E-state index in [0.717, 1.165) is 12.3 Å². The van der Waals surface area contributed by atoms with E-state index in [-0.39, 0.29) is 5.57 Å². The molecule has 2 aliphatic heterocycles. The molecule has 0 radical (unpaired) electrons. The number of carbonyl (C=O) groups excluding carboxylic acids is 3. The van der Waals surface area contributed by atoms with Crippen LogP contribution in [-0.4, -0.2) is 83.1 Å². The first-order valence-corrected chi connectivity index (χ1v) is 16.8. The minimum Gasteiger partial charge on any atom is -0.394 e. The van der Waals surface area contributed by atoms with Crippen molar-refractivity contribution in [3.05, 3.63) is 95.7 Å². The zero-order valence-electron chi connectivity index (χ0n) is 23.4. The van der Waals surface area contributed by atoms with Crippen molar-refractivity contribution in [3.63, 3.8) is 0 Å². The molecule has 0 aromatic heterocycles. The van der Waals surface area contributed by atoms with Crippen molar-refractivity contribution in [2.75, 3.05) is 6.61 Å². The van der Waals surface area contributed by atoms with Crippen LogP contribution in [-0.2, 0) is 14.3 Å². The second-order valence-corrected chi connectivity index (χ2v) is 15.7. The summed E-state index contributed by atoms with van der Waals surface area (Å²) in [6.45, 7) is 4.74. The number of nitrogens with one attached hydrogen (secondary N) is 1. The van der Waals surface area contributed by atoms with Crippen LogP contribution in [0.2, 0.25) is 19.6 Å². The summed E-state index contributed by atoms with van der Waals surface area (Å²) < 4.78 is 35.7. The van der Waals surface area contributed by atoms with Crippen LogP contribution in [0.3, 0.4) is 0 Å². The van der Waals surface area contributed by atoms with Crippen molar-refractivity contribution < 1.29 is 38.1 Å². The van der Waals surface area contributed by atoms with Crippen LogP contribution in [0.1, 0.15) is 11.1 Å². The fourth-order valence-corrected chi connectivity index (χ4v) is 5.66. The van der Waals surface area contributed by atoms with Crippen molar-refractivity contribution in [1.82, 2.24) is 14.8 Å². The highest BCUT2D eigenvalue weighted by Gasteiger charge is 2.62. The third-order valence-corrected chi connectivity index (χ3v) is 7.75. The van der Waals surface area contributed by atoms with Gasteiger partial charge in [-0.25, -0.2) is 9.69 Å². The van der Waals surface area contributed by atoms with E-state index in [4.69, 9.17) is 4.74 Å². The molecule has 2 aromatic carbocycles. The van der Waals surface area contributed by atoms with Crippen LogP contribution in [0.5, 0.6) is 0 Å². The number of aliphatic hydroxyl groups excluding tert-OH is 2. The van der Waals surface area contributed by atoms with Gasteiger partial charge in [-0.2, -0.15) is 8.78 Å². The second-order valence-electron chi connectivity index (χ2n) is 11.0. The number of amides is 3. The Hall–Kier alpha value is -3.81. The summed E-state index contributed by atoms with van der Waals surface area (Å²) in [5.74, 6) is -5.53. The lowest BCUT2D eigenvalue weighted by atomic mass is 10.0. The van der Waals surface area contributed by atoms with Gasteiger partial charge in [0.25, 0.3) is 5.91 Å². The number of benzene rings is 2. The summed E-state index contributed by atoms with van der Waals surface area (Å²) in [5.41, 5.74) is 1.19. The molecule has 1 saturated heterocycles. The van der Waals surface area contributed by atoms with Crippen LogP contribution < -0.4 is 4.98 Å². The van der Waals surface area contributed by atoms with Gasteiger partial charge in [0.15, 0.2) is 11.9 Å². The zero-order chi connectivity index (χ0) is 30.7. The van der Waals surface area contributed by atoms with Crippen LogP contribution in [0.25, 0.3) is 12.2 Å². The van der Waals surface area contributed by atoms with Crippen molar-refractivity contribution in [2.45, 2.75) is 50.2 Å². The minimum atomic E-state index is -4.03. The number of ether oxygens (including phenoxy) is 1. The fourth-order valence-electron chi connectivity index (χ4n) is 4.55. The number of alkyl halides is 2. The Morgan fingerprint density at radius 2 is 1.55 bits per heavy atom. The Bertz CT molecular complexity index is 1390. The number of imide groups is 1. The quantitative estimate of drug-likeness (QED) is 0.299. The molecule has 0 saturated carbocycles. The highest BCUT2D eigenvalue weighted by molar-refractivity contribution is 6.73. The van der Waals surface area contributed by atoms with Gasteiger partial charge in [-0.15, -0.1) is 0 Å². The number of hydrogen-bond donors (Lipinski definition) is 3. The van der Waals surface area contributed by atoms with Gasteiger partial charge < -0.3 is 19.9 Å². The van der Waals surface area contributed by atoms with E-state index in [1.54, 1.807) is 54.6 Å². The largest absolute Gasteiger partial charge is 0.394 e. The maximum Gasteiger partial charge on any atom is 0.334 e. The SMILES string of the molecule is C[Si](C)(C)NC1C(C(=O)/C=C/c2ccccc2)=CN([C@@H]2O[C@H](CO)[C@@H](O)C2(F)F)C(=O)N1C(=O)/C=C/c1ccccc1. The zero-order valence-corrected chi connectivity index (χ0v) is 24.4. The highest BCUT2D eigenvalue weighted by atomic mass is 28.3. The monoisotopic (exact) mass is 597 g/mol. The van der Waals surface area contributed by atoms with Gasteiger partial charge in [0.05, 0.1) is 12.2 Å². The van der Waals surface area contributed by atoms with E-state index >= 15 is 8.78 Å². The summed E-state index contributed by atoms with van der Waals surface area (Å²) in [6.07, 6.45) is -1.50.